The van der Waals surface area contributed by atoms with Crippen molar-refractivity contribution in [3.63, 3.8) is 0 Å². The molecule has 3 saturated carbocycles. The van der Waals surface area contributed by atoms with Crippen molar-refractivity contribution in [2.75, 3.05) is 6.54 Å². The second-order valence-corrected chi connectivity index (χ2v) is 9.70. The Kier molecular flexibility index (Phi) is 5.12. The minimum Gasteiger partial charge on any atom is -0.444 e. The van der Waals surface area contributed by atoms with Crippen molar-refractivity contribution < 1.29 is 24.5 Å². The predicted octanol–water partition coefficient (Wildman–Crippen LogP) is 2.26. The summed E-state index contributed by atoms with van der Waals surface area (Å²) in [4.78, 5) is 24.6. The van der Waals surface area contributed by atoms with Gasteiger partial charge in [-0.25, -0.2) is 4.79 Å². The molecule has 1 spiro atoms. The normalized spacial score (nSPS) is 42.3. The van der Waals surface area contributed by atoms with E-state index in [1.54, 1.807) is 20.8 Å². The first kappa shape index (κ1) is 19.6. The van der Waals surface area contributed by atoms with Gasteiger partial charge in [-0.2, -0.15) is 0 Å². The zero-order valence-electron chi connectivity index (χ0n) is 16.3. The highest BCUT2D eigenvalue weighted by molar-refractivity contribution is 5.85. The molecule has 3 rings (SSSR count). The molecule has 0 radical (unpaired) electrons. The lowest BCUT2D eigenvalue weighted by Gasteiger charge is -2.46. The molecule has 1 amide bonds. The van der Waals surface area contributed by atoms with Crippen molar-refractivity contribution in [3.8, 4) is 0 Å². The van der Waals surface area contributed by atoms with E-state index < -0.39 is 29.3 Å². The summed E-state index contributed by atoms with van der Waals surface area (Å²) in [6.45, 7) is 7.88. The molecule has 6 heteroatoms. The van der Waals surface area contributed by atoms with Gasteiger partial charge in [0.05, 0.1) is 12.2 Å². The zero-order valence-corrected chi connectivity index (χ0v) is 16.3. The summed E-state index contributed by atoms with van der Waals surface area (Å²) < 4.78 is 5.23. The van der Waals surface area contributed by atoms with Gasteiger partial charge in [0, 0.05) is 30.2 Å². The highest BCUT2D eigenvalue weighted by Crippen LogP contribution is 2.65. The molecular formula is C20H33NO5. The van der Waals surface area contributed by atoms with Gasteiger partial charge in [-0.1, -0.05) is 6.92 Å². The standard InChI is InChI=1S/C20H33NO5/c1-11-7-12-9-14(22)17-13(5-6-21-18(25)26-19(2,3)4)15(23)10-20(12,17)16(24)8-11/h11-14,16-17,22,24H,5-10H2,1-4H3,(H,21,25)/t11-,12+,13+,14+,16-,17+,20-/m1/s1. The van der Waals surface area contributed by atoms with Crippen molar-refractivity contribution in [2.45, 2.75) is 77.6 Å². The van der Waals surface area contributed by atoms with E-state index in [-0.39, 0.29) is 23.5 Å². The first-order valence-electron chi connectivity index (χ1n) is 9.90. The summed E-state index contributed by atoms with van der Waals surface area (Å²) in [6.07, 6.45) is 1.64. The van der Waals surface area contributed by atoms with Crippen molar-refractivity contribution in [2.24, 2.45) is 29.1 Å². The Balaban J connectivity index is 1.67. The van der Waals surface area contributed by atoms with Crippen LogP contribution in [0.3, 0.4) is 0 Å². The lowest BCUT2D eigenvalue weighted by atomic mass is 9.60. The Bertz CT molecular complexity index is 571. The van der Waals surface area contributed by atoms with Gasteiger partial charge in [0.25, 0.3) is 0 Å². The number of Topliss-reactive ketones (excluding diaryl/α,β-unsaturated/α-hetero) is 1. The molecule has 26 heavy (non-hydrogen) atoms. The fraction of sp³-hybridized carbons (Fsp3) is 0.900. The smallest absolute Gasteiger partial charge is 0.407 e. The number of ketones is 1. The summed E-state index contributed by atoms with van der Waals surface area (Å²) in [6, 6.07) is 0. The quantitative estimate of drug-likeness (QED) is 0.711. The van der Waals surface area contributed by atoms with E-state index in [0.717, 1.165) is 6.42 Å². The van der Waals surface area contributed by atoms with E-state index in [1.165, 1.54) is 0 Å². The van der Waals surface area contributed by atoms with Crippen LogP contribution >= 0.6 is 0 Å². The van der Waals surface area contributed by atoms with Gasteiger partial charge in [-0.05, 0) is 58.3 Å². The summed E-state index contributed by atoms with van der Waals surface area (Å²) in [5.41, 5.74) is -1.02. The lowest BCUT2D eigenvalue weighted by molar-refractivity contribution is -0.123. The number of rotatable bonds is 3. The minimum absolute atomic E-state index is 0.123. The van der Waals surface area contributed by atoms with Gasteiger partial charge in [0.2, 0.25) is 0 Å². The van der Waals surface area contributed by atoms with Gasteiger partial charge in [-0.15, -0.1) is 0 Å². The van der Waals surface area contributed by atoms with Gasteiger partial charge >= 0.3 is 6.09 Å². The Labute approximate surface area is 155 Å². The van der Waals surface area contributed by atoms with Crippen molar-refractivity contribution in [1.29, 1.82) is 0 Å². The molecule has 0 saturated heterocycles. The third-order valence-electron chi connectivity index (χ3n) is 6.71. The SMILES string of the molecule is C[C@@H]1C[C@H]2C[C@H](O)[C@@H]3[C@@H](CCNC(=O)OC(C)(C)C)C(=O)C[C@]23[C@H](O)C1. The third-order valence-corrected chi connectivity index (χ3v) is 6.71. The van der Waals surface area contributed by atoms with Crippen LogP contribution in [0.5, 0.6) is 0 Å². The van der Waals surface area contributed by atoms with Crippen LogP contribution in [0, 0.1) is 29.1 Å². The van der Waals surface area contributed by atoms with Crippen LogP contribution in [0.1, 0.15) is 59.8 Å². The third kappa shape index (κ3) is 3.38. The first-order valence-corrected chi connectivity index (χ1v) is 9.90. The Morgan fingerprint density at radius 3 is 2.62 bits per heavy atom. The number of alkyl carbamates (subject to hydrolysis) is 1. The van der Waals surface area contributed by atoms with E-state index in [9.17, 15) is 19.8 Å². The minimum atomic E-state index is -0.560. The fourth-order valence-electron chi connectivity index (χ4n) is 5.92. The van der Waals surface area contributed by atoms with Gasteiger partial charge < -0.3 is 20.3 Å². The second-order valence-electron chi connectivity index (χ2n) is 9.70. The number of ether oxygens (including phenoxy) is 1. The number of nitrogens with one attached hydrogen (secondary N) is 1. The maximum absolute atomic E-state index is 12.7. The maximum Gasteiger partial charge on any atom is 0.407 e. The first-order chi connectivity index (χ1) is 12.0. The van der Waals surface area contributed by atoms with Crippen molar-refractivity contribution in [1.82, 2.24) is 5.32 Å². The van der Waals surface area contributed by atoms with Crippen LogP contribution in [0.25, 0.3) is 0 Å². The molecule has 0 aromatic heterocycles. The van der Waals surface area contributed by atoms with Crippen LogP contribution in [0.15, 0.2) is 0 Å². The van der Waals surface area contributed by atoms with Gasteiger partial charge in [-0.3, -0.25) is 4.79 Å². The summed E-state index contributed by atoms with van der Waals surface area (Å²) >= 11 is 0. The number of carbonyl (C=O) groups excluding carboxylic acids is 2. The number of aliphatic hydroxyl groups excluding tert-OH is 2. The number of amides is 1. The van der Waals surface area contributed by atoms with Crippen LogP contribution in [0.2, 0.25) is 0 Å². The van der Waals surface area contributed by atoms with E-state index in [0.29, 0.717) is 38.1 Å². The van der Waals surface area contributed by atoms with Crippen LogP contribution < -0.4 is 5.32 Å². The lowest BCUT2D eigenvalue weighted by Crippen LogP contribution is -2.47. The highest BCUT2D eigenvalue weighted by Gasteiger charge is 2.67. The molecule has 3 aliphatic carbocycles. The largest absolute Gasteiger partial charge is 0.444 e. The Hall–Kier alpha value is -1.14. The summed E-state index contributed by atoms with van der Waals surface area (Å²) in [5, 5.41) is 24.3. The molecule has 3 N–H and O–H groups in total. The van der Waals surface area contributed by atoms with E-state index >= 15 is 0 Å². The van der Waals surface area contributed by atoms with Crippen LogP contribution in [-0.4, -0.2) is 46.4 Å². The summed E-state index contributed by atoms with van der Waals surface area (Å²) in [7, 11) is 0. The molecule has 0 heterocycles. The zero-order chi connectivity index (χ0) is 19.3. The maximum atomic E-state index is 12.7. The van der Waals surface area contributed by atoms with Crippen LogP contribution in [-0.2, 0) is 9.53 Å². The molecule has 3 aliphatic rings. The highest BCUT2D eigenvalue weighted by atomic mass is 16.6. The van der Waals surface area contributed by atoms with E-state index in [2.05, 4.69) is 12.2 Å². The predicted molar refractivity (Wildman–Crippen MR) is 96.4 cm³/mol. The molecular weight excluding hydrogens is 334 g/mol. The number of hydrogen-bond acceptors (Lipinski definition) is 5. The number of carbonyl (C=O) groups is 2. The van der Waals surface area contributed by atoms with Gasteiger partial charge in [0.1, 0.15) is 11.4 Å². The van der Waals surface area contributed by atoms with Crippen molar-refractivity contribution in [3.05, 3.63) is 0 Å². The topological polar surface area (TPSA) is 95.9 Å². The number of hydrogen-bond donors (Lipinski definition) is 3. The Morgan fingerprint density at radius 2 is 1.96 bits per heavy atom. The molecule has 7 atom stereocenters. The van der Waals surface area contributed by atoms with Gasteiger partial charge in [0.15, 0.2) is 0 Å². The Morgan fingerprint density at radius 1 is 1.27 bits per heavy atom. The molecule has 3 fully saturated rings. The second kappa shape index (κ2) is 6.79. The van der Waals surface area contributed by atoms with E-state index in [4.69, 9.17) is 4.74 Å². The molecule has 0 aromatic carbocycles. The average molecular weight is 367 g/mol. The van der Waals surface area contributed by atoms with Crippen LogP contribution in [0.4, 0.5) is 4.79 Å². The fourth-order valence-corrected chi connectivity index (χ4v) is 5.92. The average Bonchev–Trinajstić information content (AvgIpc) is 2.91. The number of aliphatic hydroxyl groups is 2. The molecule has 0 aliphatic heterocycles. The summed E-state index contributed by atoms with van der Waals surface area (Å²) in [5.74, 6) is 0.276. The molecule has 6 nitrogen and oxygen atoms in total. The monoisotopic (exact) mass is 367 g/mol. The molecule has 0 aromatic rings. The van der Waals surface area contributed by atoms with Crippen molar-refractivity contribution >= 4 is 11.9 Å². The van der Waals surface area contributed by atoms with E-state index in [1.807, 2.05) is 0 Å². The molecule has 0 unspecified atom stereocenters. The molecule has 148 valence electrons. The molecule has 0 bridgehead atoms.